The molecule has 1 aromatic rings. The topological polar surface area (TPSA) is 86.6 Å². The van der Waals surface area contributed by atoms with Gasteiger partial charge in [0.2, 0.25) is 5.91 Å². The Balaban J connectivity index is 2.32. The number of carbonyl (C=O) groups excluding carboxylic acids is 1. The summed E-state index contributed by atoms with van der Waals surface area (Å²) in [6.45, 7) is 1.84. The van der Waals surface area contributed by atoms with Gasteiger partial charge >= 0.3 is 5.97 Å². The zero-order chi connectivity index (χ0) is 14.3. The van der Waals surface area contributed by atoms with E-state index in [2.05, 4.69) is 5.32 Å². The molecule has 0 aliphatic heterocycles. The number of rotatable bonds is 7. The Morgan fingerprint density at radius 3 is 2.42 bits per heavy atom. The predicted octanol–water partition coefficient (Wildman–Crippen LogP) is 1.34. The van der Waals surface area contributed by atoms with Crippen molar-refractivity contribution in [1.29, 1.82) is 0 Å². The van der Waals surface area contributed by atoms with Crippen LogP contribution in [0.15, 0.2) is 30.3 Å². The fraction of sp³-hybridized carbons (Fsp3) is 0.429. The molecule has 0 heterocycles. The Hall–Kier alpha value is -1.88. The maximum Gasteiger partial charge on any atom is 0.303 e. The lowest BCUT2D eigenvalue weighted by atomic mass is 10.0. The Morgan fingerprint density at radius 1 is 1.21 bits per heavy atom. The van der Waals surface area contributed by atoms with Crippen LogP contribution in [0.25, 0.3) is 0 Å². The molecule has 1 aromatic carbocycles. The molecule has 0 aliphatic carbocycles. The van der Waals surface area contributed by atoms with Gasteiger partial charge in [-0.05, 0) is 11.5 Å². The van der Waals surface area contributed by atoms with Gasteiger partial charge in [0.15, 0.2) is 0 Å². The number of amides is 1. The van der Waals surface area contributed by atoms with Gasteiger partial charge in [-0.2, -0.15) is 0 Å². The molecule has 5 heteroatoms. The van der Waals surface area contributed by atoms with Crippen molar-refractivity contribution in [1.82, 2.24) is 5.32 Å². The molecule has 1 rings (SSSR count). The normalized spacial score (nSPS) is 13.6. The number of benzene rings is 1. The molecule has 3 N–H and O–H groups in total. The summed E-state index contributed by atoms with van der Waals surface area (Å²) in [6, 6.07) is 9.04. The first kappa shape index (κ1) is 15.2. The van der Waals surface area contributed by atoms with E-state index in [1.807, 2.05) is 18.2 Å². The molecule has 0 radical (unpaired) electrons. The minimum atomic E-state index is -0.912. The fourth-order valence-electron chi connectivity index (χ4n) is 1.76. The summed E-state index contributed by atoms with van der Waals surface area (Å²) in [5, 5.41) is 21.0. The van der Waals surface area contributed by atoms with Crippen molar-refractivity contribution in [3.8, 4) is 0 Å². The van der Waals surface area contributed by atoms with Gasteiger partial charge < -0.3 is 15.5 Å². The molecule has 0 bridgehead atoms. The molecule has 19 heavy (non-hydrogen) atoms. The quantitative estimate of drug-likeness (QED) is 0.694. The molecule has 0 spiro atoms. The van der Waals surface area contributed by atoms with Crippen LogP contribution in [0.1, 0.15) is 31.4 Å². The summed E-state index contributed by atoms with van der Waals surface area (Å²) in [5.41, 5.74) is 0.737. The maximum absolute atomic E-state index is 11.6. The van der Waals surface area contributed by atoms with E-state index in [-0.39, 0.29) is 31.2 Å². The van der Waals surface area contributed by atoms with E-state index >= 15 is 0 Å². The molecular formula is C14H19NO4. The number of aliphatic carboxylic acids is 1. The van der Waals surface area contributed by atoms with Crippen molar-refractivity contribution in [3.05, 3.63) is 35.9 Å². The second-order valence-corrected chi connectivity index (χ2v) is 4.64. The lowest BCUT2D eigenvalue weighted by molar-refractivity contribution is -0.138. The SMILES string of the molecule is CC(CC(=O)O)CC(=O)NCC(O)c1ccccc1. The third-order valence-corrected chi connectivity index (χ3v) is 2.73. The number of hydrogen-bond acceptors (Lipinski definition) is 3. The number of aliphatic hydroxyl groups is 1. The first-order chi connectivity index (χ1) is 8.99. The molecule has 1 amide bonds. The fourth-order valence-corrected chi connectivity index (χ4v) is 1.76. The molecule has 2 unspecified atom stereocenters. The monoisotopic (exact) mass is 265 g/mol. The first-order valence-electron chi connectivity index (χ1n) is 6.20. The largest absolute Gasteiger partial charge is 0.481 e. The zero-order valence-corrected chi connectivity index (χ0v) is 10.9. The lowest BCUT2D eigenvalue weighted by Crippen LogP contribution is -2.29. The smallest absolute Gasteiger partial charge is 0.303 e. The second kappa shape index (κ2) is 7.53. The summed E-state index contributed by atoms with van der Waals surface area (Å²) in [5.74, 6) is -1.38. The van der Waals surface area contributed by atoms with Crippen LogP contribution >= 0.6 is 0 Å². The number of hydrogen-bond donors (Lipinski definition) is 3. The van der Waals surface area contributed by atoms with E-state index in [1.54, 1.807) is 19.1 Å². The highest BCUT2D eigenvalue weighted by Crippen LogP contribution is 2.11. The van der Waals surface area contributed by atoms with Gasteiger partial charge in [-0.25, -0.2) is 0 Å². The van der Waals surface area contributed by atoms with Crippen molar-refractivity contribution >= 4 is 11.9 Å². The molecule has 5 nitrogen and oxygen atoms in total. The Kier molecular flexibility index (Phi) is 6.02. The summed E-state index contributed by atoms with van der Waals surface area (Å²) in [6.07, 6.45) is -0.637. The van der Waals surface area contributed by atoms with Gasteiger partial charge in [0, 0.05) is 19.4 Å². The highest BCUT2D eigenvalue weighted by atomic mass is 16.4. The molecule has 104 valence electrons. The van der Waals surface area contributed by atoms with Gasteiger partial charge in [0.1, 0.15) is 0 Å². The molecular weight excluding hydrogens is 246 g/mol. The molecule has 0 saturated carbocycles. The van der Waals surface area contributed by atoms with E-state index in [0.29, 0.717) is 0 Å². The average molecular weight is 265 g/mol. The van der Waals surface area contributed by atoms with Crippen molar-refractivity contribution in [2.75, 3.05) is 6.54 Å². The minimum Gasteiger partial charge on any atom is -0.481 e. The molecule has 0 aromatic heterocycles. The van der Waals surface area contributed by atoms with Crippen LogP contribution in [-0.4, -0.2) is 28.6 Å². The van der Waals surface area contributed by atoms with Crippen LogP contribution in [0.4, 0.5) is 0 Å². The van der Waals surface area contributed by atoms with Crippen LogP contribution in [0.5, 0.6) is 0 Å². The average Bonchev–Trinajstić information content (AvgIpc) is 2.36. The van der Waals surface area contributed by atoms with Crippen LogP contribution < -0.4 is 5.32 Å². The van der Waals surface area contributed by atoms with Crippen molar-refractivity contribution < 1.29 is 19.8 Å². The summed E-state index contributed by atoms with van der Waals surface area (Å²) >= 11 is 0. The van der Waals surface area contributed by atoms with Gasteiger partial charge in [-0.1, -0.05) is 37.3 Å². The second-order valence-electron chi connectivity index (χ2n) is 4.64. The van der Waals surface area contributed by atoms with Crippen LogP contribution in [0.2, 0.25) is 0 Å². The van der Waals surface area contributed by atoms with Gasteiger partial charge in [-0.3, -0.25) is 9.59 Å². The Bertz CT molecular complexity index is 419. The Labute approximate surface area is 112 Å². The Morgan fingerprint density at radius 2 is 1.84 bits per heavy atom. The lowest BCUT2D eigenvalue weighted by Gasteiger charge is -2.13. The van der Waals surface area contributed by atoms with Crippen LogP contribution in [0, 0.1) is 5.92 Å². The highest BCUT2D eigenvalue weighted by molar-refractivity contribution is 5.77. The van der Waals surface area contributed by atoms with Crippen LogP contribution in [-0.2, 0) is 9.59 Å². The number of carboxylic acid groups (broad SMARTS) is 1. The molecule has 0 fully saturated rings. The first-order valence-corrected chi connectivity index (χ1v) is 6.20. The summed E-state index contributed by atoms with van der Waals surface area (Å²) in [7, 11) is 0. The van der Waals surface area contributed by atoms with Crippen molar-refractivity contribution in [2.24, 2.45) is 5.92 Å². The zero-order valence-electron chi connectivity index (χ0n) is 10.9. The minimum absolute atomic E-state index is 0.0331. The van der Waals surface area contributed by atoms with E-state index in [4.69, 9.17) is 5.11 Å². The predicted molar refractivity (Wildman–Crippen MR) is 70.4 cm³/mol. The molecule has 0 saturated heterocycles. The maximum atomic E-state index is 11.6. The number of nitrogens with one attached hydrogen (secondary N) is 1. The van der Waals surface area contributed by atoms with E-state index < -0.39 is 12.1 Å². The van der Waals surface area contributed by atoms with Gasteiger partial charge in [-0.15, -0.1) is 0 Å². The standard InChI is InChI=1S/C14H19NO4/c1-10(8-14(18)19)7-13(17)15-9-12(16)11-5-3-2-4-6-11/h2-6,10,12,16H,7-9H2,1H3,(H,15,17)(H,18,19). The summed E-state index contributed by atoms with van der Waals surface area (Å²) < 4.78 is 0. The third kappa shape index (κ3) is 6.01. The third-order valence-electron chi connectivity index (χ3n) is 2.73. The van der Waals surface area contributed by atoms with E-state index in [0.717, 1.165) is 5.56 Å². The van der Waals surface area contributed by atoms with E-state index in [1.165, 1.54) is 0 Å². The highest BCUT2D eigenvalue weighted by Gasteiger charge is 2.14. The summed E-state index contributed by atoms with van der Waals surface area (Å²) in [4.78, 5) is 22.0. The number of aliphatic hydroxyl groups excluding tert-OH is 1. The molecule has 2 atom stereocenters. The van der Waals surface area contributed by atoms with Crippen LogP contribution in [0.3, 0.4) is 0 Å². The van der Waals surface area contributed by atoms with Gasteiger partial charge in [0.25, 0.3) is 0 Å². The van der Waals surface area contributed by atoms with Crippen molar-refractivity contribution in [2.45, 2.75) is 25.9 Å². The van der Waals surface area contributed by atoms with E-state index in [9.17, 15) is 14.7 Å². The van der Waals surface area contributed by atoms with Crippen molar-refractivity contribution in [3.63, 3.8) is 0 Å². The number of carboxylic acids is 1. The van der Waals surface area contributed by atoms with Gasteiger partial charge in [0.05, 0.1) is 6.10 Å². The molecule has 0 aliphatic rings. The number of carbonyl (C=O) groups is 2.